The van der Waals surface area contributed by atoms with Gasteiger partial charge >= 0.3 is 5.97 Å². The van der Waals surface area contributed by atoms with Crippen LogP contribution in [-0.2, 0) is 20.9 Å². The third-order valence-electron chi connectivity index (χ3n) is 3.29. The molecule has 0 fully saturated rings. The normalized spacial score (nSPS) is 13.2. The van der Waals surface area contributed by atoms with Gasteiger partial charge in [0.05, 0.1) is 18.6 Å². The predicted molar refractivity (Wildman–Crippen MR) is 88.9 cm³/mol. The van der Waals surface area contributed by atoms with Gasteiger partial charge < -0.3 is 15.2 Å². The maximum absolute atomic E-state index is 12.2. The molecule has 2 N–H and O–H groups in total. The van der Waals surface area contributed by atoms with Gasteiger partial charge in [-0.2, -0.15) is 4.80 Å². The molecule has 1 atom stereocenters. The number of nitrogens with one attached hydrogen (secondary N) is 1. The monoisotopic (exact) mass is 367 g/mol. The van der Waals surface area contributed by atoms with E-state index in [1.54, 1.807) is 31.2 Å². The van der Waals surface area contributed by atoms with E-state index >= 15 is 0 Å². The summed E-state index contributed by atoms with van der Waals surface area (Å²) in [5.41, 5.74) is -0.316. The second kappa shape index (κ2) is 8.04. The number of ether oxygens (including phenoxy) is 1. The van der Waals surface area contributed by atoms with Gasteiger partial charge in [0.25, 0.3) is 0 Å². The van der Waals surface area contributed by atoms with Crippen molar-refractivity contribution >= 4 is 23.5 Å². The van der Waals surface area contributed by atoms with Gasteiger partial charge in [0.1, 0.15) is 6.54 Å². The van der Waals surface area contributed by atoms with Crippen LogP contribution in [0.2, 0.25) is 5.02 Å². The second-order valence-corrected chi connectivity index (χ2v) is 6.20. The van der Waals surface area contributed by atoms with Gasteiger partial charge in [-0.1, -0.05) is 11.6 Å². The Kier molecular flexibility index (Phi) is 6.05. The summed E-state index contributed by atoms with van der Waals surface area (Å²) < 4.78 is 4.99. The van der Waals surface area contributed by atoms with Crippen molar-refractivity contribution in [3.8, 4) is 11.4 Å². The molecule has 0 spiro atoms. The van der Waals surface area contributed by atoms with Crippen LogP contribution in [0.5, 0.6) is 0 Å². The number of methoxy groups -OCH3 is 1. The van der Waals surface area contributed by atoms with Crippen LogP contribution in [0.4, 0.5) is 0 Å². The minimum atomic E-state index is -1.04. The van der Waals surface area contributed by atoms with Crippen LogP contribution in [0.25, 0.3) is 11.4 Å². The average molecular weight is 368 g/mol. The average Bonchev–Trinajstić information content (AvgIpc) is 2.95. The minimum absolute atomic E-state index is 0.0614. The largest absolute Gasteiger partial charge is 0.481 e. The Morgan fingerprint density at radius 3 is 2.64 bits per heavy atom. The number of hydrogen-bond donors (Lipinski definition) is 2. The van der Waals surface area contributed by atoms with Crippen molar-refractivity contribution in [1.82, 2.24) is 25.5 Å². The summed E-state index contributed by atoms with van der Waals surface area (Å²) in [7, 11) is 1.43. The Morgan fingerprint density at radius 2 is 2.04 bits per heavy atom. The maximum atomic E-state index is 12.2. The van der Waals surface area contributed by atoms with Crippen LogP contribution in [0.3, 0.4) is 0 Å². The van der Waals surface area contributed by atoms with E-state index in [2.05, 4.69) is 20.7 Å². The first kappa shape index (κ1) is 18.8. The van der Waals surface area contributed by atoms with Gasteiger partial charge in [0.2, 0.25) is 11.7 Å². The highest BCUT2D eigenvalue weighted by atomic mass is 35.5. The van der Waals surface area contributed by atoms with E-state index in [0.29, 0.717) is 16.4 Å². The maximum Gasteiger partial charge on any atom is 0.305 e. The number of carboxylic acid groups (broad SMARTS) is 1. The lowest BCUT2D eigenvalue weighted by Gasteiger charge is -2.28. The minimum Gasteiger partial charge on any atom is -0.481 e. The van der Waals surface area contributed by atoms with Gasteiger partial charge in [-0.15, -0.1) is 10.2 Å². The fourth-order valence-electron chi connectivity index (χ4n) is 2.31. The number of benzene rings is 1. The van der Waals surface area contributed by atoms with Gasteiger partial charge in [-0.3, -0.25) is 9.59 Å². The number of carbonyl (C=O) groups is 2. The molecule has 0 aliphatic heterocycles. The van der Waals surface area contributed by atoms with Crippen molar-refractivity contribution in [2.75, 3.05) is 13.7 Å². The molecule has 0 saturated heterocycles. The highest BCUT2D eigenvalue weighted by Crippen LogP contribution is 2.17. The molecule has 9 nitrogen and oxygen atoms in total. The topological polar surface area (TPSA) is 119 Å². The van der Waals surface area contributed by atoms with Crippen LogP contribution in [0, 0.1) is 0 Å². The van der Waals surface area contributed by atoms with Crippen molar-refractivity contribution in [3.63, 3.8) is 0 Å². The molecule has 0 radical (unpaired) electrons. The molecular weight excluding hydrogens is 350 g/mol. The summed E-state index contributed by atoms with van der Waals surface area (Å²) in [5, 5.41) is 24.0. The number of amides is 1. The highest BCUT2D eigenvalue weighted by Gasteiger charge is 2.29. The molecule has 134 valence electrons. The lowest BCUT2D eigenvalue weighted by atomic mass is 9.99. The SMILES string of the molecule is COCC(C)(CC(=O)O)NC(=O)Cn1nnc(-c2ccc(Cl)cc2)n1. The predicted octanol–water partition coefficient (Wildman–Crippen LogP) is 0.990. The van der Waals surface area contributed by atoms with Crippen LogP contribution in [0.15, 0.2) is 24.3 Å². The Morgan fingerprint density at radius 1 is 1.36 bits per heavy atom. The fraction of sp³-hybridized carbons (Fsp3) is 0.400. The quantitative estimate of drug-likeness (QED) is 0.713. The first-order chi connectivity index (χ1) is 11.8. The van der Waals surface area contributed by atoms with E-state index < -0.39 is 17.4 Å². The van der Waals surface area contributed by atoms with Crippen molar-refractivity contribution in [2.45, 2.75) is 25.4 Å². The van der Waals surface area contributed by atoms with E-state index in [1.807, 2.05) is 0 Å². The summed E-state index contributed by atoms with van der Waals surface area (Å²) in [5.74, 6) is -1.13. The van der Waals surface area contributed by atoms with Gasteiger partial charge in [-0.25, -0.2) is 0 Å². The number of nitrogens with zero attached hydrogens (tertiary/aromatic N) is 4. The third kappa shape index (κ3) is 5.50. The number of halogens is 1. The van der Waals surface area contributed by atoms with Crippen LogP contribution in [-0.4, -0.2) is 56.4 Å². The Hall–Kier alpha value is -2.52. The summed E-state index contributed by atoms with van der Waals surface area (Å²) in [6.07, 6.45) is -0.270. The van der Waals surface area contributed by atoms with E-state index in [4.69, 9.17) is 21.4 Å². The molecule has 0 aliphatic rings. The zero-order valence-corrected chi connectivity index (χ0v) is 14.5. The molecular formula is C15H18ClN5O4. The fourth-order valence-corrected chi connectivity index (χ4v) is 2.44. The highest BCUT2D eigenvalue weighted by molar-refractivity contribution is 6.30. The van der Waals surface area contributed by atoms with E-state index in [1.165, 1.54) is 7.11 Å². The van der Waals surface area contributed by atoms with E-state index in [9.17, 15) is 9.59 Å². The Balaban J connectivity index is 2.03. The molecule has 2 rings (SSSR count). The molecule has 1 amide bonds. The van der Waals surface area contributed by atoms with Crippen molar-refractivity contribution in [3.05, 3.63) is 29.3 Å². The van der Waals surface area contributed by atoms with Crippen molar-refractivity contribution in [1.29, 1.82) is 0 Å². The van der Waals surface area contributed by atoms with Crippen LogP contribution < -0.4 is 5.32 Å². The number of aromatic nitrogens is 4. The van der Waals surface area contributed by atoms with E-state index in [0.717, 1.165) is 4.80 Å². The van der Waals surface area contributed by atoms with Gasteiger partial charge in [-0.05, 0) is 36.4 Å². The Bertz CT molecular complexity index is 749. The number of hydrogen-bond acceptors (Lipinski definition) is 6. The molecule has 25 heavy (non-hydrogen) atoms. The standard InChI is InChI=1S/C15H18ClN5O4/c1-15(9-25-2,7-13(23)24)17-12(22)8-21-19-14(18-20-21)10-3-5-11(16)6-4-10/h3-6H,7-9H2,1-2H3,(H,17,22)(H,23,24). The lowest BCUT2D eigenvalue weighted by molar-refractivity contribution is -0.139. The molecule has 1 heterocycles. The van der Waals surface area contributed by atoms with Gasteiger partial charge in [0, 0.05) is 17.7 Å². The summed E-state index contributed by atoms with van der Waals surface area (Å²) in [6, 6.07) is 6.89. The summed E-state index contributed by atoms with van der Waals surface area (Å²) in [4.78, 5) is 24.3. The molecule has 2 aromatic rings. The molecule has 1 aromatic carbocycles. The zero-order valence-electron chi connectivity index (χ0n) is 13.8. The molecule has 0 bridgehead atoms. The number of aliphatic carboxylic acids is 1. The number of carbonyl (C=O) groups excluding carboxylic acids is 1. The van der Waals surface area contributed by atoms with Gasteiger partial charge in [0.15, 0.2) is 0 Å². The summed E-state index contributed by atoms with van der Waals surface area (Å²) in [6.45, 7) is 1.46. The van der Waals surface area contributed by atoms with Crippen LogP contribution in [0.1, 0.15) is 13.3 Å². The molecule has 0 saturated carbocycles. The lowest BCUT2D eigenvalue weighted by Crippen LogP contribution is -2.51. The molecule has 1 aromatic heterocycles. The number of carboxylic acids is 1. The first-order valence-corrected chi connectivity index (χ1v) is 7.74. The summed E-state index contributed by atoms with van der Waals surface area (Å²) >= 11 is 5.83. The van der Waals surface area contributed by atoms with Crippen molar-refractivity contribution < 1.29 is 19.4 Å². The zero-order chi connectivity index (χ0) is 18.4. The second-order valence-electron chi connectivity index (χ2n) is 5.76. The molecule has 0 aliphatic carbocycles. The number of tetrazole rings is 1. The number of rotatable bonds is 8. The third-order valence-corrected chi connectivity index (χ3v) is 3.54. The Labute approximate surface area is 148 Å². The van der Waals surface area contributed by atoms with Crippen LogP contribution >= 0.6 is 11.6 Å². The van der Waals surface area contributed by atoms with E-state index in [-0.39, 0.29) is 19.6 Å². The van der Waals surface area contributed by atoms with Crippen molar-refractivity contribution in [2.24, 2.45) is 0 Å². The molecule has 10 heteroatoms. The molecule has 1 unspecified atom stereocenters. The first-order valence-electron chi connectivity index (χ1n) is 7.37. The smallest absolute Gasteiger partial charge is 0.305 e.